The summed E-state index contributed by atoms with van der Waals surface area (Å²) >= 11 is 5.77. The van der Waals surface area contributed by atoms with E-state index in [1.165, 1.54) is 18.2 Å². The number of anilines is 1. The SMILES string of the molecule is C[C@@H](CNC(=O)COC(=O)c1ccc(Cl)cc1N)c1ccccc1. The number of carbonyl (C=O) groups excluding carboxylic acids is 2. The maximum atomic E-state index is 11.9. The Morgan fingerprint density at radius 1 is 1.21 bits per heavy atom. The molecule has 24 heavy (non-hydrogen) atoms. The highest BCUT2D eigenvalue weighted by atomic mass is 35.5. The van der Waals surface area contributed by atoms with E-state index in [2.05, 4.69) is 5.32 Å². The van der Waals surface area contributed by atoms with Crippen molar-refractivity contribution in [1.82, 2.24) is 5.32 Å². The molecule has 2 rings (SSSR count). The Labute approximate surface area is 145 Å². The Morgan fingerprint density at radius 3 is 2.58 bits per heavy atom. The third-order valence-electron chi connectivity index (χ3n) is 3.54. The molecule has 0 aromatic heterocycles. The highest BCUT2D eigenvalue weighted by Gasteiger charge is 2.14. The predicted octanol–water partition coefficient (Wildman–Crippen LogP) is 3.00. The third-order valence-corrected chi connectivity index (χ3v) is 3.78. The van der Waals surface area contributed by atoms with Crippen molar-refractivity contribution in [3.63, 3.8) is 0 Å². The van der Waals surface area contributed by atoms with E-state index in [9.17, 15) is 9.59 Å². The summed E-state index contributed by atoms with van der Waals surface area (Å²) in [6.07, 6.45) is 0. The van der Waals surface area contributed by atoms with Crippen molar-refractivity contribution in [3.8, 4) is 0 Å². The Hall–Kier alpha value is -2.53. The first kappa shape index (κ1) is 17.8. The molecule has 0 fully saturated rings. The number of halogens is 1. The van der Waals surface area contributed by atoms with Crippen molar-refractivity contribution in [2.45, 2.75) is 12.8 Å². The van der Waals surface area contributed by atoms with Gasteiger partial charge >= 0.3 is 5.97 Å². The Morgan fingerprint density at radius 2 is 1.92 bits per heavy atom. The number of nitrogens with two attached hydrogens (primary N) is 1. The van der Waals surface area contributed by atoms with Crippen LogP contribution in [0.25, 0.3) is 0 Å². The number of carbonyl (C=O) groups is 2. The second-order valence-electron chi connectivity index (χ2n) is 5.42. The molecule has 1 atom stereocenters. The maximum Gasteiger partial charge on any atom is 0.340 e. The largest absolute Gasteiger partial charge is 0.452 e. The Balaban J connectivity index is 1.79. The van der Waals surface area contributed by atoms with E-state index in [4.69, 9.17) is 22.1 Å². The maximum absolute atomic E-state index is 11.9. The Kier molecular flexibility index (Phi) is 6.21. The molecule has 0 aliphatic rings. The van der Waals surface area contributed by atoms with Gasteiger partial charge in [0.1, 0.15) is 0 Å². The van der Waals surface area contributed by atoms with Gasteiger partial charge in [-0.2, -0.15) is 0 Å². The summed E-state index contributed by atoms with van der Waals surface area (Å²) in [5.41, 5.74) is 7.23. The van der Waals surface area contributed by atoms with E-state index >= 15 is 0 Å². The average Bonchev–Trinajstić information content (AvgIpc) is 2.58. The van der Waals surface area contributed by atoms with Gasteiger partial charge in [0.05, 0.1) is 5.56 Å². The van der Waals surface area contributed by atoms with Crippen molar-refractivity contribution in [1.29, 1.82) is 0 Å². The first-order chi connectivity index (χ1) is 11.5. The number of amides is 1. The smallest absolute Gasteiger partial charge is 0.340 e. The highest BCUT2D eigenvalue weighted by Crippen LogP contribution is 2.18. The zero-order chi connectivity index (χ0) is 17.5. The molecule has 0 radical (unpaired) electrons. The fourth-order valence-corrected chi connectivity index (χ4v) is 2.33. The van der Waals surface area contributed by atoms with Gasteiger partial charge in [-0.25, -0.2) is 4.79 Å². The molecular formula is C18H19ClN2O3. The quantitative estimate of drug-likeness (QED) is 0.622. The second kappa shape index (κ2) is 8.36. The lowest BCUT2D eigenvalue weighted by atomic mass is 10.0. The van der Waals surface area contributed by atoms with Gasteiger partial charge in [-0.1, -0.05) is 48.9 Å². The molecule has 0 aliphatic carbocycles. The van der Waals surface area contributed by atoms with Crippen LogP contribution in [0.1, 0.15) is 28.8 Å². The number of nitrogens with one attached hydrogen (secondary N) is 1. The van der Waals surface area contributed by atoms with Crippen LogP contribution in [0.15, 0.2) is 48.5 Å². The molecule has 0 spiro atoms. The van der Waals surface area contributed by atoms with E-state index in [-0.39, 0.29) is 29.7 Å². The fraction of sp³-hybridized carbons (Fsp3) is 0.222. The number of esters is 1. The minimum Gasteiger partial charge on any atom is -0.452 e. The van der Waals surface area contributed by atoms with Crippen LogP contribution in [0.5, 0.6) is 0 Å². The van der Waals surface area contributed by atoms with E-state index < -0.39 is 5.97 Å². The zero-order valence-corrected chi connectivity index (χ0v) is 14.0. The molecule has 0 saturated carbocycles. The number of nitrogen functional groups attached to an aromatic ring is 1. The van der Waals surface area contributed by atoms with Crippen molar-refractivity contribution < 1.29 is 14.3 Å². The second-order valence-corrected chi connectivity index (χ2v) is 5.86. The minimum atomic E-state index is -0.657. The Bertz CT molecular complexity index is 719. The van der Waals surface area contributed by atoms with Gasteiger partial charge in [0.2, 0.25) is 0 Å². The first-order valence-electron chi connectivity index (χ1n) is 7.51. The van der Waals surface area contributed by atoms with Gasteiger partial charge in [0.25, 0.3) is 5.91 Å². The standard InChI is InChI=1S/C18H19ClN2O3/c1-12(13-5-3-2-4-6-13)10-21-17(22)11-24-18(23)15-8-7-14(19)9-16(15)20/h2-9,12H,10-11,20H2,1H3,(H,21,22)/t12-/m0/s1. The summed E-state index contributed by atoms with van der Waals surface area (Å²) in [6, 6.07) is 14.3. The number of ether oxygens (including phenoxy) is 1. The lowest BCUT2D eigenvalue weighted by Crippen LogP contribution is -2.31. The van der Waals surface area contributed by atoms with Crippen LogP contribution in [0.3, 0.4) is 0 Å². The van der Waals surface area contributed by atoms with Crippen molar-refractivity contribution in [3.05, 3.63) is 64.7 Å². The van der Waals surface area contributed by atoms with Crippen molar-refractivity contribution in [2.24, 2.45) is 0 Å². The lowest BCUT2D eigenvalue weighted by Gasteiger charge is -2.13. The molecule has 0 saturated heterocycles. The van der Waals surface area contributed by atoms with Gasteiger partial charge < -0.3 is 15.8 Å². The van der Waals surface area contributed by atoms with Gasteiger partial charge in [-0.3, -0.25) is 4.79 Å². The van der Waals surface area contributed by atoms with E-state index in [1.54, 1.807) is 0 Å². The number of hydrogen-bond donors (Lipinski definition) is 2. The molecule has 3 N–H and O–H groups in total. The number of hydrogen-bond acceptors (Lipinski definition) is 4. The summed E-state index contributed by atoms with van der Waals surface area (Å²) in [5.74, 6) is -0.855. The van der Waals surface area contributed by atoms with Gasteiger partial charge in [-0.15, -0.1) is 0 Å². The molecular weight excluding hydrogens is 328 g/mol. The van der Waals surface area contributed by atoms with Crippen molar-refractivity contribution in [2.75, 3.05) is 18.9 Å². The van der Waals surface area contributed by atoms with Crippen LogP contribution in [-0.4, -0.2) is 25.0 Å². The van der Waals surface area contributed by atoms with Crippen LogP contribution in [0, 0.1) is 0 Å². The van der Waals surface area contributed by atoms with E-state index in [0.717, 1.165) is 5.56 Å². The summed E-state index contributed by atoms with van der Waals surface area (Å²) in [7, 11) is 0. The van der Waals surface area contributed by atoms with Crippen LogP contribution >= 0.6 is 11.6 Å². The molecule has 2 aromatic rings. The molecule has 0 aliphatic heterocycles. The van der Waals surface area contributed by atoms with Gasteiger partial charge in [0, 0.05) is 17.3 Å². The van der Waals surface area contributed by atoms with Gasteiger partial charge in [0.15, 0.2) is 6.61 Å². The number of benzene rings is 2. The first-order valence-corrected chi connectivity index (χ1v) is 7.89. The lowest BCUT2D eigenvalue weighted by molar-refractivity contribution is -0.124. The predicted molar refractivity (Wildman–Crippen MR) is 94.0 cm³/mol. The molecule has 5 nitrogen and oxygen atoms in total. The van der Waals surface area contributed by atoms with E-state index in [1.807, 2.05) is 37.3 Å². The van der Waals surface area contributed by atoms with Gasteiger partial charge in [-0.05, 0) is 29.7 Å². The van der Waals surface area contributed by atoms with Crippen LogP contribution in [0.4, 0.5) is 5.69 Å². The van der Waals surface area contributed by atoms with Crippen LogP contribution in [-0.2, 0) is 9.53 Å². The molecule has 2 aromatic carbocycles. The summed E-state index contributed by atoms with van der Waals surface area (Å²) < 4.78 is 4.97. The highest BCUT2D eigenvalue weighted by molar-refractivity contribution is 6.31. The average molecular weight is 347 g/mol. The van der Waals surface area contributed by atoms with E-state index in [0.29, 0.717) is 11.6 Å². The van der Waals surface area contributed by atoms with Crippen molar-refractivity contribution >= 4 is 29.2 Å². The van der Waals surface area contributed by atoms with Crippen LogP contribution < -0.4 is 11.1 Å². The normalized spacial score (nSPS) is 11.6. The molecule has 6 heteroatoms. The number of rotatable bonds is 6. The fourth-order valence-electron chi connectivity index (χ4n) is 2.15. The molecule has 0 bridgehead atoms. The molecule has 0 unspecified atom stereocenters. The summed E-state index contributed by atoms with van der Waals surface area (Å²) in [4.78, 5) is 23.7. The molecule has 1 amide bonds. The molecule has 0 heterocycles. The minimum absolute atomic E-state index is 0.165. The third kappa shape index (κ3) is 4.99. The van der Waals surface area contributed by atoms with Crippen LogP contribution in [0.2, 0.25) is 5.02 Å². The topological polar surface area (TPSA) is 81.4 Å². The molecule has 126 valence electrons. The monoisotopic (exact) mass is 346 g/mol. The summed E-state index contributed by atoms with van der Waals surface area (Å²) in [6.45, 7) is 2.11. The summed E-state index contributed by atoms with van der Waals surface area (Å²) in [5, 5.41) is 3.17. The zero-order valence-electron chi connectivity index (χ0n) is 13.3.